The van der Waals surface area contributed by atoms with Gasteiger partial charge in [0, 0.05) is 32.7 Å². The number of ether oxygens (including phenoxy) is 3. The monoisotopic (exact) mass is 756 g/mol. The number of carbonyl (C=O) groups excluding carboxylic acids is 3. The fourth-order valence-electron chi connectivity index (χ4n) is 5.41. The topological polar surface area (TPSA) is 128 Å². The van der Waals surface area contributed by atoms with Gasteiger partial charge in [-0.1, -0.05) is 66.7 Å². The minimum absolute atomic E-state index is 0.0223. The molecule has 0 aliphatic carbocycles. The number of anilines is 2. The summed E-state index contributed by atoms with van der Waals surface area (Å²) >= 11 is 2.65. The molecule has 6 aromatic rings. The minimum Gasteiger partial charge on any atom is -0.497 e. The molecule has 1 aromatic heterocycles. The molecule has 0 saturated heterocycles. The van der Waals surface area contributed by atoms with Gasteiger partial charge in [-0.2, -0.15) is 0 Å². The van der Waals surface area contributed by atoms with E-state index in [1.165, 1.54) is 43.4 Å². The lowest BCUT2D eigenvalue weighted by Crippen LogP contribution is -2.30. The highest BCUT2D eigenvalue weighted by molar-refractivity contribution is 8.00. The van der Waals surface area contributed by atoms with E-state index in [-0.39, 0.29) is 11.6 Å². The summed E-state index contributed by atoms with van der Waals surface area (Å²) in [4.78, 5) is 46.4. The zero-order valence-electron chi connectivity index (χ0n) is 29.6. The van der Waals surface area contributed by atoms with Gasteiger partial charge < -0.3 is 30.2 Å². The van der Waals surface area contributed by atoms with Crippen molar-refractivity contribution >= 4 is 57.7 Å². The Morgan fingerprint density at radius 2 is 1.46 bits per heavy atom. The Morgan fingerprint density at radius 1 is 0.741 bits per heavy atom. The van der Waals surface area contributed by atoms with E-state index in [2.05, 4.69) is 20.9 Å². The van der Waals surface area contributed by atoms with Gasteiger partial charge in [0.2, 0.25) is 5.91 Å². The second-order valence-corrected chi connectivity index (χ2v) is 13.6. The van der Waals surface area contributed by atoms with E-state index >= 15 is 0 Å². The van der Waals surface area contributed by atoms with E-state index in [4.69, 9.17) is 14.2 Å². The van der Waals surface area contributed by atoms with Crippen molar-refractivity contribution in [2.45, 2.75) is 10.1 Å². The Labute approximate surface area is 321 Å². The van der Waals surface area contributed by atoms with Crippen LogP contribution < -0.4 is 30.2 Å². The van der Waals surface area contributed by atoms with Crippen molar-refractivity contribution in [3.05, 3.63) is 155 Å². The minimum atomic E-state index is -0.656. The average molecular weight is 757 g/mol. The number of aromatic nitrogens is 1. The highest BCUT2D eigenvalue weighted by Crippen LogP contribution is 2.38. The fraction of sp³-hybridized carbons (Fsp3) is 0.0952. The van der Waals surface area contributed by atoms with E-state index < -0.39 is 17.1 Å². The molecule has 3 amide bonds. The summed E-state index contributed by atoms with van der Waals surface area (Å²) in [6.07, 6.45) is 1.53. The predicted molar refractivity (Wildman–Crippen MR) is 214 cm³/mol. The maximum absolute atomic E-state index is 13.9. The summed E-state index contributed by atoms with van der Waals surface area (Å²) in [6.45, 7) is 0. The third kappa shape index (κ3) is 9.34. The maximum Gasteiger partial charge on any atom is 0.272 e. The fourth-order valence-corrected chi connectivity index (χ4v) is 7.21. The average Bonchev–Trinajstić information content (AvgIpc) is 3.68. The molecule has 1 atom stereocenters. The number of hydrogen-bond donors (Lipinski definition) is 3. The van der Waals surface area contributed by atoms with Crippen molar-refractivity contribution in [1.82, 2.24) is 10.3 Å². The molecule has 0 aliphatic heterocycles. The van der Waals surface area contributed by atoms with Crippen molar-refractivity contribution in [2.24, 2.45) is 0 Å². The molecule has 272 valence electrons. The lowest BCUT2D eigenvalue weighted by atomic mass is 10.1. The van der Waals surface area contributed by atoms with Crippen LogP contribution in [0.1, 0.15) is 26.7 Å². The first kappa shape index (κ1) is 37.4. The van der Waals surface area contributed by atoms with Gasteiger partial charge in [-0.05, 0) is 72.3 Å². The summed E-state index contributed by atoms with van der Waals surface area (Å²) in [7, 11) is 4.66. The first-order chi connectivity index (χ1) is 26.3. The summed E-state index contributed by atoms with van der Waals surface area (Å²) < 4.78 is 16.4. The molecule has 0 fully saturated rings. The second kappa shape index (κ2) is 17.9. The predicted octanol–water partition coefficient (Wildman–Crippen LogP) is 8.72. The quantitative estimate of drug-likeness (QED) is 0.0744. The van der Waals surface area contributed by atoms with E-state index in [1.54, 1.807) is 73.8 Å². The second-order valence-electron chi connectivity index (χ2n) is 11.6. The Morgan fingerprint density at radius 3 is 2.20 bits per heavy atom. The highest BCUT2D eigenvalue weighted by atomic mass is 32.2. The van der Waals surface area contributed by atoms with E-state index in [0.717, 1.165) is 16.0 Å². The number of benzene rings is 5. The Hall–Kier alpha value is -6.37. The lowest BCUT2D eigenvalue weighted by molar-refractivity contribution is -0.116. The molecule has 6 rings (SSSR count). The number of carbonyl (C=O) groups is 3. The molecule has 0 bridgehead atoms. The zero-order chi connectivity index (χ0) is 37.9. The van der Waals surface area contributed by atoms with Crippen molar-refractivity contribution in [3.8, 4) is 28.5 Å². The van der Waals surface area contributed by atoms with E-state index in [9.17, 15) is 14.4 Å². The van der Waals surface area contributed by atoms with Gasteiger partial charge in [0.15, 0.2) is 5.13 Å². The molecule has 3 N–H and O–H groups in total. The molecule has 0 saturated carbocycles. The molecule has 1 heterocycles. The van der Waals surface area contributed by atoms with Gasteiger partial charge in [-0.25, -0.2) is 4.98 Å². The maximum atomic E-state index is 13.9. The molecule has 54 heavy (non-hydrogen) atoms. The number of methoxy groups -OCH3 is 3. The molecule has 12 heteroatoms. The summed E-state index contributed by atoms with van der Waals surface area (Å²) in [6, 6.07) is 37.9. The first-order valence-electron chi connectivity index (χ1n) is 16.7. The Bertz CT molecular complexity index is 2280. The normalized spacial score (nSPS) is 11.6. The smallest absolute Gasteiger partial charge is 0.272 e. The standard InChI is InChI=1S/C42H36N4O6S2/c1-50-31-21-22-36(51-2)29(23-31)24-34(44-39(47)28-15-8-5-9-16-28)40(48)43-30-17-12-18-32(25-30)54-38(27-13-6-4-7-14-27)41(49)46-42-45-35(26-53-42)33-19-10-11-20-37(33)52-3/h4-26,38H,1-3H3,(H,43,48)(H,44,47)(H,45,46,49)/b34-24+. The van der Waals surface area contributed by atoms with Crippen LogP contribution in [-0.4, -0.2) is 44.0 Å². The summed E-state index contributed by atoms with van der Waals surface area (Å²) in [5, 5.41) is 10.3. The lowest BCUT2D eigenvalue weighted by Gasteiger charge is -2.17. The summed E-state index contributed by atoms with van der Waals surface area (Å²) in [5.41, 5.74) is 3.64. The SMILES string of the molecule is COc1ccc(OC)c(/C=C(/NC(=O)c2ccccc2)C(=O)Nc2cccc(SC(C(=O)Nc3nc(-c4ccccc4OC)cs3)c3ccccc3)c2)c1. The molecule has 5 aromatic carbocycles. The van der Waals surface area contributed by atoms with Gasteiger partial charge in [0.25, 0.3) is 11.8 Å². The number of para-hydroxylation sites is 1. The van der Waals surface area contributed by atoms with Gasteiger partial charge >= 0.3 is 0 Å². The molecule has 0 aliphatic rings. The van der Waals surface area contributed by atoms with Crippen LogP contribution in [0.4, 0.5) is 10.8 Å². The largest absolute Gasteiger partial charge is 0.497 e. The molecule has 0 spiro atoms. The van der Waals surface area contributed by atoms with Crippen molar-refractivity contribution in [1.29, 1.82) is 0 Å². The van der Waals surface area contributed by atoms with Gasteiger partial charge in [0.1, 0.15) is 28.2 Å². The van der Waals surface area contributed by atoms with Crippen LogP contribution in [0.15, 0.2) is 143 Å². The van der Waals surface area contributed by atoms with Gasteiger partial charge in [-0.15, -0.1) is 23.1 Å². The van der Waals surface area contributed by atoms with Gasteiger partial charge in [-0.3, -0.25) is 14.4 Å². The number of thioether (sulfide) groups is 1. The molecule has 10 nitrogen and oxygen atoms in total. The van der Waals surface area contributed by atoms with Gasteiger partial charge in [0.05, 0.1) is 27.0 Å². The Kier molecular flexibility index (Phi) is 12.4. The number of amides is 3. The molecule has 0 radical (unpaired) electrons. The third-order valence-electron chi connectivity index (χ3n) is 8.07. The number of nitrogens with zero attached hydrogens (tertiary/aromatic N) is 1. The summed E-state index contributed by atoms with van der Waals surface area (Å²) in [5.74, 6) is 0.416. The van der Waals surface area contributed by atoms with Crippen LogP contribution in [0.5, 0.6) is 17.2 Å². The zero-order valence-corrected chi connectivity index (χ0v) is 31.2. The van der Waals surface area contributed by atoms with Crippen molar-refractivity contribution < 1.29 is 28.6 Å². The van der Waals surface area contributed by atoms with Crippen LogP contribution in [0.2, 0.25) is 0 Å². The number of rotatable bonds is 14. The van der Waals surface area contributed by atoms with Crippen LogP contribution in [0.25, 0.3) is 17.3 Å². The third-order valence-corrected chi connectivity index (χ3v) is 10.1. The van der Waals surface area contributed by atoms with Crippen molar-refractivity contribution in [3.63, 3.8) is 0 Å². The van der Waals surface area contributed by atoms with Crippen LogP contribution in [0, 0.1) is 0 Å². The van der Waals surface area contributed by atoms with E-state index in [1.807, 2.05) is 66.0 Å². The highest BCUT2D eigenvalue weighted by Gasteiger charge is 2.24. The van der Waals surface area contributed by atoms with Crippen LogP contribution in [-0.2, 0) is 9.59 Å². The molecular formula is C42H36N4O6S2. The molecule has 1 unspecified atom stereocenters. The number of nitrogens with one attached hydrogen (secondary N) is 3. The van der Waals surface area contributed by atoms with Crippen LogP contribution >= 0.6 is 23.1 Å². The van der Waals surface area contributed by atoms with Crippen LogP contribution in [0.3, 0.4) is 0 Å². The number of hydrogen-bond acceptors (Lipinski definition) is 9. The number of thiazole rings is 1. The van der Waals surface area contributed by atoms with E-state index in [0.29, 0.717) is 44.9 Å². The Balaban J connectivity index is 1.24. The molecular weight excluding hydrogens is 721 g/mol. The first-order valence-corrected chi connectivity index (χ1v) is 18.4. The van der Waals surface area contributed by atoms with Crippen molar-refractivity contribution in [2.75, 3.05) is 32.0 Å².